The van der Waals surface area contributed by atoms with Gasteiger partial charge in [0, 0.05) is 23.8 Å². The molecule has 1 heterocycles. The van der Waals surface area contributed by atoms with Gasteiger partial charge < -0.3 is 5.32 Å². The first kappa shape index (κ1) is 14.5. The van der Waals surface area contributed by atoms with Crippen molar-refractivity contribution in [2.45, 2.75) is 40.7 Å². The predicted molar refractivity (Wildman–Crippen MR) is 89.2 cm³/mol. The molecule has 112 valence electrons. The quantitative estimate of drug-likeness (QED) is 0.888. The number of hydrogen-bond donors (Lipinski definition) is 1. The molecule has 2 aromatic rings. The van der Waals surface area contributed by atoms with E-state index in [0.29, 0.717) is 22.8 Å². The van der Waals surface area contributed by atoms with Crippen LogP contribution in [0.2, 0.25) is 0 Å². The minimum atomic E-state index is 0.358. The van der Waals surface area contributed by atoms with Crippen LogP contribution in [0.25, 0.3) is 10.8 Å². The lowest BCUT2D eigenvalue weighted by Crippen LogP contribution is -2.25. The Morgan fingerprint density at radius 1 is 1.10 bits per heavy atom. The van der Waals surface area contributed by atoms with Crippen LogP contribution >= 0.6 is 0 Å². The second-order valence-electron chi connectivity index (χ2n) is 7.41. The van der Waals surface area contributed by atoms with E-state index in [9.17, 15) is 0 Å². The fourth-order valence-electron chi connectivity index (χ4n) is 4.10. The molecule has 0 bridgehead atoms. The fourth-order valence-corrected chi connectivity index (χ4v) is 4.10. The Morgan fingerprint density at radius 2 is 1.76 bits per heavy atom. The lowest BCUT2D eigenvalue weighted by atomic mass is 9.94. The highest BCUT2D eigenvalue weighted by atomic mass is 15.0. The first-order valence-corrected chi connectivity index (χ1v) is 7.97. The number of hydrogen-bond acceptors (Lipinski definition) is 2. The van der Waals surface area contributed by atoms with E-state index in [0.717, 1.165) is 6.54 Å². The lowest BCUT2D eigenvalue weighted by molar-refractivity contribution is 0.420. The summed E-state index contributed by atoms with van der Waals surface area (Å²) in [5.41, 5.74) is 2.06. The van der Waals surface area contributed by atoms with Gasteiger partial charge in [-0.05, 0) is 34.2 Å². The third kappa shape index (κ3) is 2.08. The summed E-state index contributed by atoms with van der Waals surface area (Å²) in [7, 11) is 0. The standard InChI is InChI=1S/C19H26N2/c1-6-21-16(17-18(2,3)19(17,4)5)15-12-20-11-13-9-7-8-10-14(13)15/h7-12,16-17,21H,6H2,1-5H3. The summed E-state index contributed by atoms with van der Waals surface area (Å²) < 4.78 is 0. The summed E-state index contributed by atoms with van der Waals surface area (Å²) >= 11 is 0. The smallest absolute Gasteiger partial charge is 0.0380 e. The number of nitrogens with one attached hydrogen (secondary N) is 1. The molecule has 1 unspecified atom stereocenters. The van der Waals surface area contributed by atoms with E-state index in [1.54, 1.807) is 0 Å². The van der Waals surface area contributed by atoms with Crippen molar-refractivity contribution in [1.82, 2.24) is 10.3 Å². The zero-order valence-electron chi connectivity index (χ0n) is 13.8. The highest BCUT2D eigenvalue weighted by Crippen LogP contribution is 2.72. The van der Waals surface area contributed by atoms with Crippen LogP contribution in [0.1, 0.15) is 46.2 Å². The van der Waals surface area contributed by atoms with Crippen LogP contribution in [0, 0.1) is 16.7 Å². The monoisotopic (exact) mass is 282 g/mol. The maximum absolute atomic E-state index is 4.48. The minimum Gasteiger partial charge on any atom is -0.310 e. The molecule has 0 radical (unpaired) electrons. The molecule has 0 amide bonds. The number of fused-ring (bicyclic) bond motifs is 1. The van der Waals surface area contributed by atoms with Crippen LogP contribution in [0.3, 0.4) is 0 Å². The molecule has 21 heavy (non-hydrogen) atoms. The highest BCUT2D eigenvalue weighted by molar-refractivity contribution is 5.85. The van der Waals surface area contributed by atoms with Crippen molar-refractivity contribution in [1.29, 1.82) is 0 Å². The second kappa shape index (κ2) is 4.81. The predicted octanol–water partition coefficient (Wildman–Crippen LogP) is 4.57. The zero-order valence-corrected chi connectivity index (χ0v) is 13.8. The van der Waals surface area contributed by atoms with E-state index >= 15 is 0 Å². The molecule has 3 rings (SSSR count). The van der Waals surface area contributed by atoms with Gasteiger partial charge in [0.2, 0.25) is 0 Å². The zero-order chi connectivity index (χ0) is 15.3. The Kier molecular flexibility index (Phi) is 3.32. The molecule has 0 aliphatic heterocycles. The van der Waals surface area contributed by atoms with Crippen molar-refractivity contribution in [3.05, 3.63) is 42.2 Å². The van der Waals surface area contributed by atoms with Crippen LogP contribution in [0.4, 0.5) is 0 Å². The van der Waals surface area contributed by atoms with E-state index < -0.39 is 0 Å². The molecule has 0 spiro atoms. The van der Waals surface area contributed by atoms with Crippen molar-refractivity contribution >= 4 is 10.8 Å². The number of pyridine rings is 1. The number of rotatable bonds is 4. The van der Waals surface area contributed by atoms with E-state index in [1.807, 2.05) is 6.20 Å². The molecule has 1 aliphatic rings. The van der Waals surface area contributed by atoms with Crippen LogP contribution in [0.15, 0.2) is 36.7 Å². The molecule has 1 aromatic heterocycles. The summed E-state index contributed by atoms with van der Waals surface area (Å²) in [5.74, 6) is 0.637. The van der Waals surface area contributed by atoms with Gasteiger partial charge in [0.15, 0.2) is 0 Å². The van der Waals surface area contributed by atoms with Gasteiger partial charge in [-0.25, -0.2) is 0 Å². The van der Waals surface area contributed by atoms with Crippen molar-refractivity contribution < 1.29 is 0 Å². The minimum absolute atomic E-state index is 0.358. The van der Waals surface area contributed by atoms with E-state index in [2.05, 4.69) is 75.4 Å². The lowest BCUT2D eigenvalue weighted by Gasteiger charge is -2.22. The Bertz CT molecular complexity index is 638. The van der Waals surface area contributed by atoms with Crippen molar-refractivity contribution in [2.75, 3.05) is 6.54 Å². The highest BCUT2D eigenvalue weighted by Gasteiger charge is 2.67. The van der Waals surface area contributed by atoms with Crippen LogP contribution in [0.5, 0.6) is 0 Å². The summed E-state index contributed by atoms with van der Waals surface area (Å²) in [6, 6.07) is 8.95. The van der Waals surface area contributed by atoms with Gasteiger partial charge in [0.05, 0.1) is 0 Å². The molecule has 1 saturated carbocycles. The van der Waals surface area contributed by atoms with Crippen LogP contribution in [-0.4, -0.2) is 11.5 Å². The van der Waals surface area contributed by atoms with Gasteiger partial charge >= 0.3 is 0 Å². The number of nitrogens with zero attached hydrogens (tertiary/aromatic N) is 1. The van der Waals surface area contributed by atoms with Crippen LogP contribution in [-0.2, 0) is 0 Å². The van der Waals surface area contributed by atoms with Gasteiger partial charge in [0.1, 0.15) is 0 Å². The van der Waals surface area contributed by atoms with E-state index in [1.165, 1.54) is 16.3 Å². The molecule has 1 fully saturated rings. The maximum Gasteiger partial charge on any atom is 0.0380 e. The molecule has 1 aromatic carbocycles. The van der Waals surface area contributed by atoms with E-state index in [-0.39, 0.29) is 0 Å². The summed E-state index contributed by atoms with van der Waals surface area (Å²) in [4.78, 5) is 4.48. The molecule has 2 nitrogen and oxygen atoms in total. The normalized spacial score (nSPS) is 21.4. The maximum atomic E-state index is 4.48. The van der Waals surface area contributed by atoms with Gasteiger partial charge in [0.25, 0.3) is 0 Å². The van der Waals surface area contributed by atoms with Gasteiger partial charge in [-0.15, -0.1) is 0 Å². The summed E-state index contributed by atoms with van der Waals surface area (Å²) in [6.07, 6.45) is 4.02. The summed E-state index contributed by atoms with van der Waals surface area (Å²) in [5, 5.41) is 6.29. The van der Waals surface area contributed by atoms with Crippen molar-refractivity contribution in [3.8, 4) is 0 Å². The summed E-state index contributed by atoms with van der Waals surface area (Å²) in [6.45, 7) is 12.7. The first-order chi connectivity index (χ1) is 9.91. The van der Waals surface area contributed by atoms with Crippen LogP contribution < -0.4 is 5.32 Å². The van der Waals surface area contributed by atoms with Crippen molar-refractivity contribution in [2.24, 2.45) is 16.7 Å². The molecule has 2 heteroatoms. The molecule has 0 saturated heterocycles. The van der Waals surface area contributed by atoms with Gasteiger partial charge in [-0.1, -0.05) is 58.9 Å². The fraction of sp³-hybridized carbons (Fsp3) is 0.526. The Hall–Kier alpha value is -1.41. The molecule has 1 atom stereocenters. The Balaban J connectivity index is 2.10. The first-order valence-electron chi connectivity index (χ1n) is 7.97. The van der Waals surface area contributed by atoms with Gasteiger partial charge in [-0.3, -0.25) is 4.98 Å². The second-order valence-corrected chi connectivity index (χ2v) is 7.41. The molecular weight excluding hydrogens is 256 g/mol. The molecular formula is C19H26N2. The number of benzene rings is 1. The Morgan fingerprint density at radius 3 is 2.38 bits per heavy atom. The average Bonchev–Trinajstić information content (AvgIpc) is 2.86. The number of aromatic nitrogens is 1. The molecule has 1 N–H and O–H groups in total. The van der Waals surface area contributed by atoms with Gasteiger partial charge in [-0.2, -0.15) is 0 Å². The Labute approximate surface area is 128 Å². The molecule has 1 aliphatic carbocycles. The average molecular weight is 282 g/mol. The van der Waals surface area contributed by atoms with Crippen molar-refractivity contribution in [3.63, 3.8) is 0 Å². The van der Waals surface area contributed by atoms with E-state index in [4.69, 9.17) is 0 Å². The third-order valence-electron chi connectivity index (χ3n) is 5.92. The SMILES string of the molecule is CCNC(c1cncc2ccccc12)C1C(C)(C)C1(C)C. The largest absolute Gasteiger partial charge is 0.310 e. The third-order valence-corrected chi connectivity index (χ3v) is 5.92. The topological polar surface area (TPSA) is 24.9 Å².